The molecule has 5 rings (SSSR count). The normalized spacial score (nSPS) is 17.9. The van der Waals surface area contributed by atoms with Crippen LogP contribution in [0.2, 0.25) is 0 Å². The van der Waals surface area contributed by atoms with Gasteiger partial charge in [0, 0.05) is 43.0 Å². The Kier molecular flexibility index (Phi) is 7.95. The van der Waals surface area contributed by atoms with Crippen molar-refractivity contribution in [1.82, 2.24) is 20.2 Å². The topological polar surface area (TPSA) is 123 Å². The molecule has 0 bridgehead atoms. The van der Waals surface area contributed by atoms with E-state index in [1.807, 2.05) is 24.3 Å². The highest BCUT2D eigenvalue weighted by Gasteiger charge is 2.53. The summed E-state index contributed by atoms with van der Waals surface area (Å²) in [7, 11) is 0. The number of nitriles is 1. The van der Waals surface area contributed by atoms with Gasteiger partial charge < -0.3 is 25.2 Å². The molecule has 1 aromatic heterocycles. The Morgan fingerprint density at radius 3 is 2.48 bits per heavy atom. The Morgan fingerprint density at radius 1 is 1.10 bits per heavy atom. The van der Waals surface area contributed by atoms with Crippen molar-refractivity contribution in [3.05, 3.63) is 35.5 Å². The number of morpholine rings is 1. The number of aromatic nitrogens is 2. The number of anilines is 2. The lowest BCUT2D eigenvalue weighted by Crippen LogP contribution is -2.42. The predicted molar refractivity (Wildman–Crippen MR) is 153 cm³/mol. The summed E-state index contributed by atoms with van der Waals surface area (Å²) in [6.45, 7) is 10.9. The van der Waals surface area contributed by atoms with Crippen LogP contribution in [-0.2, 0) is 22.5 Å². The number of carbonyl (C=O) groups is 2. The standard InChI is InChI=1S/C30H39N7O3/c1-29(2,3)10-4-13-32-28(39)33-22-7-5-21(6-8-22)25-34-24-19-37(27(38)30(20-31)11-12-30)14-9-23(24)26(35-25)36-15-17-40-18-16-36/h5-8H,4,9-19H2,1-3H3,(H2,32,33,39). The Morgan fingerprint density at radius 2 is 1.82 bits per heavy atom. The van der Waals surface area contributed by atoms with Crippen molar-refractivity contribution in [3.8, 4) is 17.5 Å². The lowest BCUT2D eigenvalue weighted by Gasteiger charge is -2.34. The summed E-state index contributed by atoms with van der Waals surface area (Å²) in [5.74, 6) is 1.39. The fourth-order valence-corrected chi connectivity index (χ4v) is 5.25. The fourth-order valence-electron chi connectivity index (χ4n) is 5.25. The molecule has 2 N–H and O–H groups in total. The Balaban J connectivity index is 1.32. The summed E-state index contributed by atoms with van der Waals surface area (Å²) in [6, 6.07) is 9.51. The van der Waals surface area contributed by atoms with Crippen molar-refractivity contribution in [3.63, 3.8) is 0 Å². The first-order chi connectivity index (χ1) is 19.2. The number of nitrogens with one attached hydrogen (secondary N) is 2. The largest absolute Gasteiger partial charge is 0.378 e. The van der Waals surface area contributed by atoms with Crippen LogP contribution < -0.4 is 15.5 Å². The zero-order valence-electron chi connectivity index (χ0n) is 23.8. The van der Waals surface area contributed by atoms with Gasteiger partial charge in [0.25, 0.3) is 0 Å². The number of carbonyl (C=O) groups excluding carboxylic acids is 2. The van der Waals surface area contributed by atoms with Crippen LogP contribution in [0.25, 0.3) is 11.4 Å². The molecule has 2 fully saturated rings. The molecule has 1 saturated heterocycles. The number of rotatable bonds is 7. The molecule has 2 aromatic rings. The molecule has 1 saturated carbocycles. The lowest BCUT2D eigenvalue weighted by molar-refractivity contribution is -0.136. The molecule has 1 aliphatic carbocycles. The van der Waals surface area contributed by atoms with Crippen LogP contribution in [0.5, 0.6) is 0 Å². The van der Waals surface area contributed by atoms with E-state index in [9.17, 15) is 14.9 Å². The molecule has 0 spiro atoms. The van der Waals surface area contributed by atoms with E-state index in [0.29, 0.717) is 63.6 Å². The maximum Gasteiger partial charge on any atom is 0.319 e. The second kappa shape index (κ2) is 11.4. The summed E-state index contributed by atoms with van der Waals surface area (Å²) < 4.78 is 5.57. The van der Waals surface area contributed by atoms with Crippen LogP contribution in [-0.4, -0.2) is 66.2 Å². The van der Waals surface area contributed by atoms with Gasteiger partial charge in [-0.3, -0.25) is 4.79 Å². The van der Waals surface area contributed by atoms with E-state index < -0.39 is 5.41 Å². The minimum absolute atomic E-state index is 0.0826. The van der Waals surface area contributed by atoms with Gasteiger partial charge >= 0.3 is 6.03 Å². The number of urea groups is 1. The number of benzene rings is 1. The highest BCUT2D eigenvalue weighted by atomic mass is 16.5. The number of hydrogen-bond acceptors (Lipinski definition) is 7. The fraction of sp³-hybridized carbons (Fsp3) is 0.567. The van der Waals surface area contributed by atoms with E-state index in [-0.39, 0.29) is 17.4 Å². The van der Waals surface area contributed by atoms with E-state index in [1.54, 1.807) is 4.90 Å². The molecule has 10 nitrogen and oxygen atoms in total. The predicted octanol–water partition coefficient (Wildman–Crippen LogP) is 4.12. The first-order valence-electron chi connectivity index (χ1n) is 14.3. The number of fused-ring (bicyclic) bond motifs is 1. The SMILES string of the molecule is CC(C)(C)CCCNC(=O)Nc1ccc(-c2nc3c(c(N4CCOCC4)n2)CCN(C(=O)C2(C#N)CC2)C3)cc1. The van der Waals surface area contributed by atoms with Crippen LogP contribution in [0.4, 0.5) is 16.3 Å². The highest BCUT2D eigenvalue weighted by molar-refractivity contribution is 5.89. The number of ether oxygens (including phenoxy) is 1. The minimum Gasteiger partial charge on any atom is -0.378 e. The molecular weight excluding hydrogens is 506 g/mol. The summed E-state index contributed by atoms with van der Waals surface area (Å²) in [4.78, 5) is 39.4. The molecule has 3 aliphatic rings. The molecule has 2 aliphatic heterocycles. The third kappa shape index (κ3) is 6.36. The summed E-state index contributed by atoms with van der Waals surface area (Å²) in [5, 5.41) is 15.4. The molecular formula is C30H39N7O3. The molecule has 10 heteroatoms. The summed E-state index contributed by atoms with van der Waals surface area (Å²) >= 11 is 0. The van der Waals surface area contributed by atoms with E-state index in [4.69, 9.17) is 14.7 Å². The second-order valence-corrected chi connectivity index (χ2v) is 12.2. The first-order valence-corrected chi connectivity index (χ1v) is 14.3. The van der Waals surface area contributed by atoms with Gasteiger partial charge in [-0.15, -0.1) is 0 Å². The van der Waals surface area contributed by atoms with Crippen molar-refractivity contribution < 1.29 is 14.3 Å². The number of hydrogen-bond donors (Lipinski definition) is 2. The van der Waals surface area contributed by atoms with Crippen molar-refractivity contribution in [1.29, 1.82) is 5.26 Å². The maximum absolute atomic E-state index is 13.1. The minimum atomic E-state index is -0.845. The third-order valence-corrected chi connectivity index (χ3v) is 7.80. The molecule has 3 heterocycles. The van der Waals surface area contributed by atoms with Crippen molar-refractivity contribution in [2.75, 3.05) is 49.6 Å². The van der Waals surface area contributed by atoms with Crippen LogP contribution >= 0.6 is 0 Å². The molecule has 212 valence electrons. The number of amides is 3. The summed E-state index contributed by atoms with van der Waals surface area (Å²) in [6.07, 6.45) is 3.89. The first kappa shape index (κ1) is 27.8. The van der Waals surface area contributed by atoms with Gasteiger partial charge in [-0.05, 0) is 61.8 Å². The number of nitrogens with zero attached hydrogens (tertiary/aromatic N) is 5. The van der Waals surface area contributed by atoms with Crippen LogP contribution in [0.15, 0.2) is 24.3 Å². The zero-order chi connectivity index (χ0) is 28.3. The van der Waals surface area contributed by atoms with Crippen molar-refractivity contribution >= 4 is 23.4 Å². The van der Waals surface area contributed by atoms with Gasteiger partial charge in [0.15, 0.2) is 5.82 Å². The van der Waals surface area contributed by atoms with E-state index in [1.165, 1.54) is 0 Å². The molecule has 1 aromatic carbocycles. The van der Waals surface area contributed by atoms with Crippen LogP contribution in [0.1, 0.15) is 57.7 Å². The average Bonchev–Trinajstić information content (AvgIpc) is 3.76. The van der Waals surface area contributed by atoms with Gasteiger partial charge in [0.2, 0.25) is 5.91 Å². The van der Waals surface area contributed by atoms with E-state index in [2.05, 4.69) is 42.4 Å². The van der Waals surface area contributed by atoms with Crippen LogP contribution in [0, 0.1) is 22.2 Å². The molecule has 0 unspecified atom stereocenters. The Hall–Kier alpha value is -3.71. The molecule has 3 amide bonds. The second-order valence-electron chi connectivity index (χ2n) is 12.2. The Labute approximate surface area is 236 Å². The van der Waals surface area contributed by atoms with Crippen molar-refractivity contribution in [2.45, 2.75) is 59.4 Å². The monoisotopic (exact) mass is 545 g/mol. The van der Waals surface area contributed by atoms with Crippen LogP contribution in [0.3, 0.4) is 0 Å². The van der Waals surface area contributed by atoms with Gasteiger partial charge in [0.05, 0.1) is 31.5 Å². The van der Waals surface area contributed by atoms with Crippen molar-refractivity contribution in [2.24, 2.45) is 10.8 Å². The maximum atomic E-state index is 13.1. The third-order valence-electron chi connectivity index (χ3n) is 7.80. The van der Waals surface area contributed by atoms with E-state index >= 15 is 0 Å². The Bertz CT molecular complexity index is 1290. The van der Waals surface area contributed by atoms with Gasteiger partial charge in [0.1, 0.15) is 11.2 Å². The molecule has 40 heavy (non-hydrogen) atoms. The van der Waals surface area contributed by atoms with Gasteiger partial charge in [-0.25, -0.2) is 14.8 Å². The quantitative estimate of drug-likeness (QED) is 0.502. The molecule has 0 radical (unpaired) electrons. The smallest absolute Gasteiger partial charge is 0.319 e. The summed E-state index contributed by atoms with van der Waals surface area (Å²) in [5.41, 5.74) is 2.81. The molecule has 0 atom stereocenters. The highest BCUT2D eigenvalue weighted by Crippen LogP contribution is 2.47. The zero-order valence-corrected chi connectivity index (χ0v) is 23.8. The van der Waals surface area contributed by atoms with Gasteiger partial charge in [-0.2, -0.15) is 5.26 Å². The average molecular weight is 546 g/mol. The lowest BCUT2D eigenvalue weighted by atomic mass is 9.91. The van der Waals surface area contributed by atoms with E-state index in [0.717, 1.165) is 48.6 Å². The van der Waals surface area contributed by atoms with Gasteiger partial charge in [-0.1, -0.05) is 20.8 Å².